The molecule has 1 atom stereocenters. The van der Waals surface area contributed by atoms with Gasteiger partial charge in [0.25, 0.3) is 0 Å². The van der Waals surface area contributed by atoms with Crippen LogP contribution in [0, 0.1) is 59.5 Å². The summed E-state index contributed by atoms with van der Waals surface area (Å²) >= 11 is 0. The Bertz CT molecular complexity index is 450. The minimum absolute atomic E-state index is 0. The van der Waals surface area contributed by atoms with Crippen molar-refractivity contribution in [2.75, 3.05) is 0 Å². The number of carboxylic acid groups (broad SMARTS) is 3. The zero-order chi connectivity index (χ0) is 26.8. The number of rotatable bonds is 19. The average Bonchev–Trinajstić information content (AvgIpc) is 2.73. The summed E-state index contributed by atoms with van der Waals surface area (Å²) in [7, 11) is 0. The van der Waals surface area contributed by atoms with E-state index in [-0.39, 0.29) is 47.7 Å². The van der Waals surface area contributed by atoms with Crippen LogP contribution in [0.1, 0.15) is 144 Å². The zero-order valence-electron chi connectivity index (χ0n) is 23.6. The van der Waals surface area contributed by atoms with Gasteiger partial charge in [-0.25, -0.2) is 0 Å². The van der Waals surface area contributed by atoms with Crippen LogP contribution in [-0.4, -0.2) is 33.2 Å². The first-order chi connectivity index (χ1) is 16.0. The average molecular weight is 629 g/mol. The standard InChI is InChI=1S/2C10H20O2.C8H16O2.Ce/c2*1-9(2)7-5-3-4-6-8-10(11)12;1-3-5-6-7(4-2)8(9)10;/h2*9H,3-8H2,1-2H3,(H,11,12);7H,3-6H2,1-2H3,(H,9,10);. The molecular weight excluding hydrogens is 572 g/mol. The van der Waals surface area contributed by atoms with Gasteiger partial charge in [0.05, 0.1) is 5.92 Å². The van der Waals surface area contributed by atoms with Crippen molar-refractivity contribution in [2.24, 2.45) is 17.8 Å². The summed E-state index contributed by atoms with van der Waals surface area (Å²) in [6, 6.07) is 0. The molecule has 7 heteroatoms. The Morgan fingerprint density at radius 1 is 0.571 bits per heavy atom. The molecule has 0 spiro atoms. The fourth-order valence-corrected chi connectivity index (χ4v) is 3.32. The molecule has 3 N–H and O–H groups in total. The van der Waals surface area contributed by atoms with Crippen molar-refractivity contribution in [1.82, 2.24) is 0 Å². The molecule has 0 rings (SSSR count). The number of unbranched alkanes of at least 4 members (excludes halogenated alkanes) is 7. The summed E-state index contributed by atoms with van der Waals surface area (Å²) in [4.78, 5) is 30.7. The van der Waals surface area contributed by atoms with Crippen molar-refractivity contribution in [3.8, 4) is 0 Å². The summed E-state index contributed by atoms with van der Waals surface area (Å²) in [5.41, 5.74) is 0. The van der Waals surface area contributed by atoms with E-state index >= 15 is 0 Å². The summed E-state index contributed by atoms with van der Waals surface area (Å²) < 4.78 is 0. The molecule has 0 aromatic carbocycles. The maximum absolute atomic E-state index is 10.4. The van der Waals surface area contributed by atoms with Gasteiger partial charge in [-0.05, 0) is 37.5 Å². The molecule has 0 saturated carbocycles. The van der Waals surface area contributed by atoms with E-state index in [1.165, 1.54) is 38.5 Å². The maximum atomic E-state index is 10.4. The molecule has 0 aliphatic rings. The molecule has 0 aliphatic heterocycles. The molecule has 0 aromatic rings. The molecule has 0 heterocycles. The van der Waals surface area contributed by atoms with Crippen molar-refractivity contribution in [3.63, 3.8) is 0 Å². The molecular formula is C28H56CeO6. The predicted octanol–water partition coefficient (Wildman–Crippen LogP) is 8.42. The predicted molar refractivity (Wildman–Crippen MR) is 141 cm³/mol. The van der Waals surface area contributed by atoms with E-state index in [2.05, 4.69) is 34.6 Å². The Hall–Kier alpha value is -0.213. The third-order valence-electron chi connectivity index (χ3n) is 5.59. The third kappa shape index (κ3) is 44.2. The van der Waals surface area contributed by atoms with Gasteiger partial charge in [-0.2, -0.15) is 0 Å². The second-order valence-electron chi connectivity index (χ2n) is 10.1. The molecule has 0 aromatic heterocycles. The van der Waals surface area contributed by atoms with Crippen LogP contribution in [0.15, 0.2) is 0 Å². The van der Waals surface area contributed by atoms with E-state index < -0.39 is 17.9 Å². The number of carbonyl (C=O) groups is 3. The molecule has 1 unspecified atom stereocenters. The largest absolute Gasteiger partial charge is 0.481 e. The Labute approximate surface area is 249 Å². The van der Waals surface area contributed by atoms with Gasteiger partial charge in [0.2, 0.25) is 0 Å². The molecule has 0 saturated heterocycles. The number of hydrogen-bond donors (Lipinski definition) is 3. The smallest absolute Gasteiger partial charge is 0.306 e. The van der Waals surface area contributed by atoms with Crippen LogP contribution in [0.5, 0.6) is 0 Å². The van der Waals surface area contributed by atoms with Crippen LogP contribution in [0.4, 0.5) is 0 Å². The Morgan fingerprint density at radius 3 is 1.20 bits per heavy atom. The van der Waals surface area contributed by atoms with Gasteiger partial charge in [0, 0.05) is 54.6 Å². The molecule has 0 radical (unpaired) electrons. The van der Waals surface area contributed by atoms with E-state index in [1.54, 1.807) is 0 Å². The molecule has 0 aliphatic carbocycles. The van der Waals surface area contributed by atoms with Crippen molar-refractivity contribution >= 4 is 17.9 Å². The zero-order valence-corrected chi connectivity index (χ0v) is 26.8. The number of hydrogen-bond acceptors (Lipinski definition) is 3. The molecule has 0 fully saturated rings. The van der Waals surface area contributed by atoms with Crippen molar-refractivity contribution in [2.45, 2.75) is 144 Å². The number of aliphatic carboxylic acids is 3. The minimum atomic E-state index is -0.668. The van der Waals surface area contributed by atoms with Crippen LogP contribution in [0.25, 0.3) is 0 Å². The first kappa shape index (κ1) is 41.9. The monoisotopic (exact) mass is 628 g/mol. The van der Waals surface area contributed by atoms with Gasteiger partial charge in [0.1, 0.15) is 0 Å². The van der Waals surface area contributed by atoms with Crippen LogP contribution in [0.2, 0.25) is 0 Å². The van der Waals surface area contributed by atoms with Crippen molar-refractivity contribution in [1.29, 1.82) is 0 Å². The Kier molecular flexibility index (Phi) is 38.1. The van der Waals surface area contributed by atoms with Crippen LogP contribution < -0.4 is 0 Å². The molecule has 208 valence electrons. The molecule has 0 bridgehead atoms. The topological polar surface area (TPSA) is 112 Å². The minimum Gasteiger partial charge on any atom is -0.481 e. The van der Waals surface area contributed by atoms with Gasteiger partial charge in [-0.1, -0.05) is 106 Å². The molecule has 35 heavy (non-hydrogen) atoms. The summed E-state index contributed by atoms with van der Waals surface area (Å²) in [6.45, 7) is 12.9. The van der Waals surface area contributed by atoms with Gasteiger partial charge < -0.3 is 15.3 Å². The van der Waals surface area contributed by atoms with E-state index in [0.29, 0.717) is 12.8 Å². The van der Waals surface area contributed by atoms with E-state index in [4.69, 9.17) is 15.3 Å². The van der Waals surface area contributed by atoms with E-state index in [0.717, 1.165) is 63.2 Å². The van der Waals surface area contributed by atoms with Gasteiger partial charge >= 0.3 is 17.9 Å². The fraction of sp³-hybridized carbons (Fsp3) is 0.893. The summed E-state index contributed by atoms with van der Waals surface area (Å²) in [6.07, 6.45) is 15.6. The normalized spacial score (nSPS) is 11.0. The fourth-order valence-electron chi connectivity index (χ4n) is 3.32. The van der Waals surface area contributed by atoms with Gasteiger partial charge in [-0.3, -0.25) is 14.4 Å². The first-order valence-corrected chi connectivity index (χ1v) is 13.6. The first-order valence-electron chi connectivity index (χ1n) is 13.6. The van der Waals surface area contributed by atoms with E-state index in [9.17, 15) is 14.4 Å². The quantitative estimate of drug-likeness (QED) is 0.124. The van der Waals surface area contributed by atoms with Gasteiger partial charge in [0.15, 0.2) is 0 Å². The molecule has 0 amide bonds. The second-order valence-corrected chi connectivity index (χ2v) is 10.1. The van der Waals surface area contributed by atoms with Crippen molar-refractivity contribution in [3.05, 3.63) is 0 Å². The van der Waals surface area contributed by atoms with Crippen LogP contribution >= 0.6 is 0 Å². The van der Waals surface area contributed by atoms with Crippen molar-refractivity contribution < 1.29 is 71.5 Å². The maximum Gasteiger partial charge on any atom is 0.306 e. The van der Waals surface area contributed by atoms with E-state index in [1.807, 2.05) is 6.92 Å². The van der Waals surface area contributed by atoms with Gasteiger partial charge in [-0.15, -0.1) is 0 Å². The molecule has 6 nitrogen and oxygen atoms in total. The third-order valence-corrected chi connectivity index (χ3v) is 5.59. The van der Waals surface area contributed by atoms with Crippen LogP contribution in [-0.2, 0) is 14.4 Å². The summed E-state index contributed by atoms with van der Waals surface area (Å²) in [5.74, 6) is -0.525. The second kappa shape index (κ2) is 31.8. The van der Waals surface area contributed by atoms with Crippen LogP contribution in [0.3, 0.4) is 0 Å². The number of carboxylic acids is 3. The SMILES string of the molecule is CC(C)CCCCCCC(=O)O.CC(C)CCCCCCC(=O)O.CCCCC(CC)C(=O)O.[Ce]. The summed E-state index contributed by atoms with van der Waals surface area (Å²) in [5, 5.41) is 25.3. The Balaban J connectivity index is -0.000000204. The Morgan fingerprint density at radius 2 is 0.943 bits per heavy atom.